The molecule has 3 nitrogen and oxygen atoms in total. The maximum absolute atomic E-state index is 9.90. The van der Waals surface area contributed by atoms with E-state index in [2.05, 4.69) is 104 Å². The molecule has 0 saturated carbocycles. The molecular weight excluding hydrogens is 983 g/mol. The van der Waals surface area contributed by atoms with E-state index >= 15 is 0 Å². The number of pyridine rings is 1. The van der Waals surface area contributed by atoms with Crippen molar-refractivity contribution in [3.63, 3.8) is 0 Å². The third kappa shape index (κ3) is 12.7. The van der Waals surface area contributed by atoms with E-state index in [0.29, 0.717) is 6.42 Å². The minimum Gasteiger partial charge on any atom is -0.393 e. The summed E-state index contributed by atoms with van der Waals surface area (Å²) in [5.41, 5.74) is 7.05. The number of aliphatic hydroxyl groups excluding tert-OH is 2. The van der Waals surface area contributed by atoms with Crippen molar-refractivity contribution < 1.29 is 30.3 Å². The first kappa shape index (κ1) is 44.0. The Morgan fingerprint density at radius 3 is 1.85 bits per heavy atom. The number of aromatic nitrogens is 1. The second kappa shape index (κ2) is 22.8. The van der Waals surface area contributed by atoms with Crippen molar-refractivity contribution in [2.24, 2.45) is 0 Å². The van der Waals surface area contributed by atoms with E-state index in [9.17, 15) is 10.2 Å². The van der Waals surface area contributed by atoms with Crippen molar-refractivity contribution in [1.82, 2.24) is 4.98 Å². The molecule has 0 spiro atoms. The predicted octanol–water partition coefficient (Wildman–Crippen LogP) is 14.2. The molecule has 0 amide bonds. The molecule has 2 N–H and O–H groups in total. The van der Waals surface area contributed by atoms with Gasteiger partial charge < -0.3 is 15.2 Å². The van der Waals surface area contributed by atoms with Gasteiger partial charge in [-0.1, -0.05) is 152 Å². The van der Waals surface area contributed by atoms with Crippen molar-refractivity contribution >= 4 is 53.3 Å². The van der Waals surface area contributed by atoms with E-state index in [-0.39, 0.29) is 31.6 Å². The van der Waals surface area contributed by atoms with Crippen molar-refractivity contribution in [3.8, 4) is 21.7 Å². The van der Waals surface area contributed by atoms with Crippen LogP contribution in [0.4, 0.5) is 0 Å². The molecule has 5 aromatic rings. The third-order valence-corrected chi connectivity index (χ3v) is 12.6. The Hall–Kier alpha value is -1.70. The number of thiophene rings is 1. The number of nitrogens with zero attached hydrogens (tertiary/aromatic N) is 1. The molecular formula is C46H56Br2IrNO2S-. The van der Waals surface area contributed by atoms with Crippen LogP contribution in [0.25, 0.3) is 31.8 Å². The SMILES string of the molecule is CCCCCCC1(CCCCCCCCCCC(O)CC(C)O)c2cc(Br)ccc2-c2ccc(Br)cc21.[Ir].[c-]1c(-c2ccccn2)sc2ccccc12. The normalized spacial score (nSPS) is 13.8. The molecule has 7 heteroatoms. The van der Waals surface area contributed by atoms with Crippen molar-refractivity contribution in [3.05, 3.63) is 111 Å². The smallest absolute Gasteiger partial charge is 0.0564 e. The number of hydrogen-bond donors (Lipinski definition) is 2. The van der Waals surface area contributed by atoms with Gasteiger partial charge in [0.1, 0.15) is 0 Å². The quantitative estimate of drug-likeness (QED) is 0.0640. The van der Waals surface area contributed by atoms with Crippen LogP contribution in [0.5, 0.6) is 0 Å². The summed E-state index contributed by atoms with van der Waals surface area (Å²) in [6, 6.07) is 31.4. The van der Waals surface area contributed by atoms with Gasteiger partial charge >= 0.3 is 0 Å². The summed E-state index contributed by atoms with van der Waals surface area (Å²) in [5, 5.41) is 20.4. The van der Waals surface area contributed by atoms with Crippen LogP contribution in [-0.2, 0) is 25.5 Å². The Kier molecular flexibility index (Phi) is 18.9. The second-order valence-corrected chi connectivity index (χ2v) is 17.5. The third-order valence-electron chi connectivity index (χ3n) is 10.5. The molecule has 3 aromatic carbocycles. The van der Waals surface area contributed by atoms with Crippen LogP contribution in [0, 0.1) is 6.07 Å². The van der Waals surface area contributed by atoms with Gasteiger partial charge in [-0.2, -0.15) is 0 Å². The van der Waals surface area contributed by atoms with Crippen LogP contribution < -0.4 is 0 Å². The molecule has 2 unspecified atom stereocenters. The fourth-order valence-corrected chi connectivity index (χ4v) is 9.57. The van der Waals surface area contributed by atoms with E-state index in [1.807, 2.05) is 30.5 Å². The van der Waals surface area contributed by atoms with Gasteiger partial charge in [0.15, 0.2) is 0 Å². The van der Waals surface area contributed by atoms with E-state index in [0.717, 1.165) is 23.4 Å². The number of fused-ring (bicyclic) bond motifs is 4. The molecule has 0 fully saturated rings. The van der Waals surface area contributed by atoms with Gasteiger partial charge in [-0.25, -0.2) is 11.3 Å². The Morgan fingerprint density at radius 1 is 0.717 bits per heavy atom. The molecule has 2 atom stereocenters. The molecule has 0 saturated heterocycles. The number of unbranched alkanes of at least 4 members (excludes halogenated alkanes) is 10. The standard InChI is InChI=1S/C33H48Br2O2.C13H8NS.Ir/c1-3-4-5-13-20-33(21-14-11-9-7-6-8-10-12-15-28(37)22-25(2)36)31-23-26(34)16-18-29(31)30-19-17-27(35)24-32(30)33;1-2-7-12-10(5-1)9-13(15-12)11-6-3-4-8-14-11;/h16-19,23-25,28,36-37H,3-15,20-22H2,1-2H3;1-8H;/q;-1;. The maximum Gasteiger partial charge on any atom is 0.0564 e. The molecule has 287 valence electrons. The predicted molar refractivity (Wildman–Crippen MR) is 229 cm³/mol. The largest absolute Gasteiger partial charge is 0.393 e. The Morgan fingerprint density at radius 2 is 1.28 bits per heavy atom. The minimum atomic E-state index is -0.403. The molecule has 2 heterocycles. The van der Waals surface area contributed by atoms with Gasteiger partial charge in [-0.05, 0) is 94.8 Å². The van der Waals surface area contributed by atoms with Crippen LogP contribution in [0.2, 0.25) is 0 Å². The fraction of sp³-hybridized carbons (Fsp3) is 0.457. The van der Waals surface area contributed by atoms with Crippen LogP contribution >= 0.6 is 43.2 Å². The molecule has 1 aliphatic carbocycles. The monoisotopic (exact) mass is 1040 g/mol. The van der Waals surface area contributed by atoms with Gasteiger partial charge in [-0.3, -0.25) is 0 Å². The Balaban J connectivity index is 0.000000323. The van der Waals surface area contributed by atoms with Crippen LogP contribution in [0.3, 0.4) is 0 Å². The van der Waals surface area contributed by atoms with E-state index in [4.69, 9.17) is 0 Å². The summed E-state index contributed by atoms with van der Waals surface area (Å²) in [5.74, 6) is 0. The summed E-state index contributed by atoms with van der Waals surface area (Å²) < 4.78 is 3.64. The number of benzene rings is 3. The number of rotatable bonds is 19. The molecule has 53 heavy (non-hydrogen) atoms. The van der Waals surface area contributed by atoms with Gasteiger partial charge in [-0.15, -0.1) is 23.6 Å². The summed E-state index contributed by atoms with van der Waals surface area (Å²) in [6.07, 6.45) is 20.1. The first-order valence-electron chi connectivity index (χ1n) is 19.6. The Bertz CT molecular complexity index is 1730. The second-order valence-electron chi connectivity index (χ2n) is 14.6. The van der Waals surface area contributed by atoms with Crippen molar-refractivity contribution in [1.29, 1.82) is 0 Å². The summed E-state index contributed by atoms with van der Waals surface area (Å²) in [6.45, 7) is 4.05. The van der Waals surface area contributed by atoms with Crippen molar-refractivity contribution in [2.45, 2.75) is 134 Å². The summed E-state index contributed by atoms with van der Waals surface area (Å²) in [7, 11) is 0. The summed E-state index contributed by atoms with van der Waals surface area (Å²) in [4.78, 5) is 5.43. The molecule has 6 rings (SSSR count). The number of hydrogen-bond acceptors (Lipinski definition) is 4. The first-order valence-corrected chi connectivity index (χ1v) is 22.0. The molecule has 2 aromatic heterocycles. The number of aliphatic hydroxyl groups is 2. The Labute approximate surface area is 353 Å². The van der Waals surface area contributed by atoms with Crippen LogP contribution in [0.15, 0.2) is 94.0 Å². The van der Waals surface area contributed by atoms with Crippen LogP contribution in [-0.4, -0.2) is 27.4 Å². The topological polar surface area (TPSA) is 53.4 Å². The molecule has 0 bridgehead atoms. The van der Waals surface area contributed by atoms with E-state index < -0.39 is 6.10 Å². The zero-order chi connectivity index (χ0) is 36.8. The average Bonchev–Trinajstić information content (AvgIpc) is 3.68. The zero-order valence-electron chi connectivity index (χ0n) is 31.4. The van der Waals surface area contributed by atoms with E-state index in [1.54, 1.807) is 18.3 Å². The molecule has 1 aliphatic rings. The fourth-order valence-electron chi connectivity index (χ4n) is 7.87. The maximum atomic E-state index is 9.90. The van der Waals surface area contributed by atoms with Crippen LogP contribution in [0.1, 0.15) is 128 Å². The average molecular weight is 1040 g/mol. The van der Waals surface area contributed by atoms with Crippen molar-refractivity contribution in [2.75, 3.05) is 0 Å². The van der Waals surface area contributed by atoms with Gasteiger partial charge in [0.2, 0.25) is 0 Å². The molecule has 0 aliphatic heterocycles. The van der Waals surface area contributed by atoms with Gasteiger partial charge in [0.25, 0.3) is 0 Å². The first-order chi connectivity index (χ1) is 25.3. The minimum absolute atomic E-state index is 0. The van der Waals surface area contributed by atoms with Gasteiger partial charge in [0, 0.05) is 46.4 Å². The number of halogens is 2. The zero-order valence-corrected chi connectivity index (χ0v) is 37.8. The van der Waals surface area contributed by atoms with Gasteiger partial charge in [0.05, 0.1) is 12.2 Å². The van der Waals surface area contributed by atoms with E-state index in [1.165, 1.54) is 125 Å². The molecule has 1 radical (unpaired) electrons. The summed E-state index contributed by atoms with van der Waals surface area (Å²) >= 11 is 9.29.